The van der Waals surface area contributed by atoms with Crippen molar-refractivity contribution in [2.75, 3.05) is 18.4 Å². The fourth-order valence-corrected chi connectivity index (χ4v) is 2.63. The van der Waals surface area contributed by atoms with E-state index in [4.69, 9.17) is 0 Å². The molecule has 0 atom stereocenters. The van der Waals surface area contributed by atoms with Crippen LogP contribution in [0.3, 0.4) is 0 Å². The van der Waals surface area contributed by atoms with Gasteiger partial charge in [0.15, 0.2) is 0 Å². The van der Waals surface area contributed by atoms with E-state index in [1.54, 1.807) is 4.90 Å². The standard InChI is InChI=1S/C21H24F2N2O/c1-15(2)13-25(14-16(3)11-17-7-5-4-6-8-17)21(26)24-20-10-9-18(22)12-19(20)23/h4-12,15H,13-14H2,1-3H3,(H,24,26)/b16-11+. The smallest absolute Gasteiger partial charge is 0.320 e. The van der Waals surface area contributed by atoms with Gasteiger partial charge in [0.05, 0.1) is 5.69 Å². The number of benzene rings is 2. The van der Waals surface area contributed by atoms with Gasteiger partial charge in [-0.05, 0) is 30.5 Å². The molecule has 0 saturated carbocycles. The molecule has 3 nitrogen and oxygen atoms in total. The summed E-state index contributed by atoms with van der Waals surface area (Å²) in [4.78, 5) is 14.2. The van der Waals surface area contributed by atoms with E-state index in [0.717, 1.165) is 23.3 Å². The minimum Gasteiger partial charge on any atom is -0.320 e. The third-order valence-corrected chi connectivity index (χ3v) is 3.70. The Kier molecular flexibility index (Phi) is 6.89. The lowest BCUT2D eigenvalue weighted by molar-refractivity contribution is 0.209. The summed E-state index contributed by atoms with van der Waals surface area (Å²) >= 11 is 0. The maximum atomic E-state index is 13.8. The third-order valence-electron chi connectivity index (χ3n) is 3.70. The number of anilines is 1. The predicted molar refractivity (Wildman–Crippen MR) is 102 cm³/mol. The number of amides is 2. The normalized spacial score (nSPS) is 11.5. The van der Waals surface area contributed by atoms with Crippen molar-refractivity contribution in [2.45, 2.75) is 20.8 Å². The molecular formula is C21H24F2N2O. The van der Waals surface area contributed by atoms with Gasteiger partial charge in [-0.25, -0.2) is 13.6 Å². The molecule has 1 N–H and O–H groups in total. The average Bonchev–Trinajstić information content (AvgIpc) is 2.57. The molecule has 0 aliphatic rings. The van der Waals surface area contributed by atoms with Crippen molar-refractivity contribution < 1.29 is 13.6 Å². The van der Waals surface area contributed by atoms with Crippen molar-refractivity contribution in [3.8, 4) is 0 Å². The summed E-state index contributed by atoms with van der Waals surface area (Å²) in [5.74, 6) is -1.22. The van der Waals surface area contributed by atoms with E-state index in [-0.39, 0.29) is 11.6 Å². The van der Waals surface area contributed by atoms with Gasteiger partial charge in [-0.15, -0.1) is 0 Å². The molecule has 0 heterocycles. The first-order valence-electron chi connectivity index (χ1n) is 8.58. The van der Waals surface area contributed by atoms with E-state index in [9.17, 15) is 13.6 Å². The van der Waals surface area contributed by atoms with Gasteiger partial charge in [0.25, 0.3) is 0 Å². The number of nitrogens with zero attached hydrogens (tertiary/aromatic N) is 1. The Morgan fingerprint density at radius 2 is 1.85 bits per heavy atom. The highest BCUT2D eigenvalue weighted by molar-refractivity contribution is 5.89. The largest absolute Gasteiger partial charge is 0.322 e. The van der Waals surface area contributed by atoms with Gasteiger partial charge in [0.1, 0.15) is 11.6 Å². The lowest BCUT2D eigenvalue weighted by Gasteiger charge is -2.25. The number of nitrogens with one attached hydrogen (secondary N) is 1. The SMILES string of the molecule is C/C(=C\c1ccccc1)CN(CC(C)C)C(=O)Nc1ccc(F)cc1F. The van der Waals surface area contributed by atoms with Crippen molar-refractivity contribution >= 4 is 17.8 Å². The third kappa shape index (κ3) is 5.99. The maximum absolute atomic E-state index is 13.8. The molecule has 0 bridgehead atoms. The van der Waals surface area contributed by atoms with Gasteiger partial charge in [0.2, 0.25) is 0 Å². The molecule has 2 aromatic rings. The van der Waals surface area contributed by atoms with Crippen molar-refractivity contribution in [3.63, 3.8) is 0 Å². The molecule has 2 rings (SSSR count). The van der Waals surface area contributed by atoms with Crippen LogP contribution in [0, 0.1) is 17.6 Å². The number of urea groups is 1. The zero-order valence-electron chi connectivity index (χ0n) is 15.3. The van der Waals surface area contributed by atoms with Gasteiger partial charge >= 0.3 is 6.03 Å². The molecule has 0 radical (unpaired) electrons. The van der Waals surface area contributed by atoms with E-state index in [0.29, 0.717) is 13.1 Å². The first kappa shape index (κ1) is 19.6. The second-order valence-corrected chi connectivity index (χ2v) is 6.73. The minimum atomic E-state index is -0.792. The predicted octanol–water partition coefficient (Wildman–Crippen LogP) is 5.56. The quantitative estimate of drug-likeness (QED) is 0.720. The van der Waals surface area contributed by atoms with Gasteiger partial charge in [-0.2, -0.15) is 0 Å². The Hall–Kier alpha value is -2.69. The molecule has 2 aromatic carbocycles. The summed E-state index contributed by atoms with van der Waals surface area (Å²) in [5.41, 5.74) is 2.03. The number of hydrogen-bond donors (Lipinski definition) is 1. The van der Waals surface area contributed by atoms with Gasteiger partial charge in [0, 0.05) is 19.2 Å². The highest BCUT2D eigenvalue weighted by Crippen LogP contribution is 2.17. The van der Waals surface area contributed by atoms with Gasteiger partial charge < -0.3 is 10.2 Å². The van der Waals surface area contributed by atoms with Crippen LogP contribution in [0.15, 0.2) is 54.1 Å². The zero-order chi connectivity index (χ0) is 19.1. The Morgan fingerprint density at radius 1 is 1.15 bits per heavy atom. The van der Waals surface area contributed by atoms with Gasteiger partial charge in [-0.3, -0.25) is 0 Å². The van der Waals surface area contributed by atoms with Crippen LogP contribution in [0.4, 0.5) is 19.3 Å². The van der Waals surface area contributed by atoms with Crippen molar-refractivity contribution in [1.29, 1.82) is 0 Å². The average molecular weight is 358 g/mol. The first-order chi connectivity index (χ1) is 12.3. The number of rotatable bonds is 6. The molecule has 5 heteroatoms. The molecule has 26 heavy (non-hydrogen) atoms. The summed E-state index contributed by atoms with van der Waals surface area (Å²) < 4.78 is 26.8. The van der Waals surface area contributed by atoms with Crippen molar-refractivity contribution in [2.24, 2.45) is 5.92 Å². The highest BCUT2D eigenvalue weighted by atomic mass is 19.1. The topological polar surface area (TPSA) is 32.3 Å². The molecule has 0 fully saturated rings. The van der Waals surface area contributed by atoms with Crippen molar-refractivity contribution in [1.82, 2.24) is 4.90 Å². The van der Waals surface area contributed by atoms with Gasteiger partial charge in [-0.1, -0.05) is 55.8 Å². The lowest BCUT2D eigenvalue weighted by atomic mass is 10.1. The molecule has 0 spiro atoms. The lowest BCUT2D eigenvalue weighted by Crippen LogP contribution is -2.38. The fourth-order valence-electron chi connectivity index (χ4n) is 2.63. The highest BCUT2D eigenvalue weighted by Gasteiger charge is 2.17. The second-order valence-electron chi connectivity index (χ2n) is 6.73. The molecule has 0 aromatic heterocycles. The summed E-state index contributed by atoms with van der Waals surface area (Å²) in [6.45, 7) is 6.91. The van der Waals surface area contributed by atoms with Crippen LogP contribution in [-0.4, -0.2) is 24.0 Å². The van der Waals surface area contributed by atoms with E-state index in [1.165, 1.54) is 6.07 Å². The Morgan fingerprint density at radius 3 is 2.46 bits per heavy atom. The molecular weight excluding hydrogens is 334 g/mol. The summed E-state index contributed by atoms with van der Waals surface area (Å²) in [7, 11) is 0. The fraction of sp³-hybridized carbons (Fsp3) is 0.286. The van der Waals surface area contributed by atoms with Crippen molar-refractivity contribution in [3.05, 3.63) is 71.3 Å². The van der Waals surface area contributed by atoms with Crippen LogP contribution in [0.2, 0.25) is 0 Å². The number of carbonyl (C=O) groups excluding carboxylic acids is 1. The molecule has 138 valence electrons. The second kappa shape index (κ2) is 9.13. The van der Waals surface area contributed by atoms with E-state index >= 15 is 0 Å². The summed E-state index contributed by atoms with van der Waals surface area (Å²) in [6.07, 6.45) is 2.01. The first-order valence-corrected chi connectivity index (χ1v) is 8.58. The van der Waals surface area contributed by atoms with Crippen LogP contribution in [0.1, 0.15) is 26.3 Å². The summed E-state index contributed by atoms with van der Waals surface area (Å²) in [5, 5.41) is 2.53. The monoisotopic (exact) mass is 358 g/mol. The minimum absolute atomic E-state index is 0.0325. The van der Waals surface area contributed by atoms with E-state index in [2.05, 4.69) is 5.32 Å². The zero-order valence-corrected chi connectivity index (χ0v) is 15.3. The Balaban J connectivity index is 2.12. The summed E-state index contributed by atoms with van der Waals surface area (Å²) in [6, 6.07) is 12.5. The molecule has 0 unspecified atom stereocenters. The number of hydrogen-bond acceptors (Lipinski definition) is 1. The van der Waals surface area contributed by atoms with Crippen LogP contribution < -0.4 is 5.32 Å². The molecule has 0 saturated heterocycles. The number of halogens is 2. The molecule has 0 aliphatic carbocycles. The van der Waals surface area contributed by atoms with E-state index < -0.39 is 17.7 Å². The Labute approximate surface area is 153 Å². The van der Waals surface area contributed by atoms with Crippen LogP contribution in [0.25, 0.3) is 6.08 Å². The molecule has 2 amide bonds. The number of carbonyl (C=O) groups is 1. The molecule has 0 aliphatic heterocycles. The maximum Gasteiger partial charge on any atom is 0.322 e. The van der Waals surface area contributed by atoms with E-state index in [1.807, 2.05) is 57.2 Å². The van der Waals surface area contributed by atoms with Crippen LogP contribution in [0.5, 0.6) is 0 Å². The van der Waals surface area contributed by atoms with Crippen LogP contribution >= 0.6 is 0 Å². The van der Waals surface area contributed by atoms with Crippen LogP contribution in [-0.2, 0) is 0 Å². The Bertz CT molecular complexity index is 773.